The van der Waals surface area contributed by atoms with E-state index in [4.69, 9.17) is 0 Å². The summed E-state index contributed by atoms with van der Waals surface area (Å²) >= 11 is 0. The lowest BCUT2D eigenvalue weighted by atomic mass is 10.2. The lowest BCUT2D eigenvalue weighted by Gasteiger charge is -2.22. The van der Waals surface area contributed by atoms with Crippen LogP contribution < -0.4 is 4.90 Å². The van der Waals surface area contributed by atoms with E-state index >= 15 is 0 Å². The van der Waals surface area contributed by atoms with Crippen LogP contribution in [0.1, 0.15) is 17.7 Å². The van der Waals surface area contributed by atoms with Crippen molar-refractivity contribution in [1.82, 2.24) is 9.88 Å². The molecule has 94 valence electrons. The minimum absolute atomic E-state index is 0.0874. The molecule has 1 aromatic rings. The van der Waals surface area contributed by atoms with Gasteiger partial charge in [0.2, 0.25) is 0 Å². The van der Waals surface area contributed by atoms with E-state index in [1.165, 1.54) is 6.42 Å². The molecule has 4 nitrogen and oxygen atoms in total. The van der Waals surface area contributed by atoms with Gasteiger partial charge in [-0.1, -0.05) is 0 Å². The van der Waals surface area contributed by atoms with Gasteiger partial charge in [0, 0.05) is 25.3 Å². The standard InChI is InChI=1S/C13H21N3O/c1-11-8-12(10-17)9-13(14-11)16-5-3-4-15(2)6-7-16/h8-9,17H,3-7,10H2,1-2H3. The fraction of sp³-hybridized carbons (Fsp3) is 0.615. The summed E-state index contributed by atoms with van der Waals surface area (Å²) in [6, 6.07) is 3.94. The van der Waals surface area contributed by atoms with Gasteiger partial charge in [-0.3, -0.25) is 0 Å². The molecule has 0 unspecified atom stereocenters. The van der Waals surface area contributed by atoms with Crippen LogP contribution in [0.25, 0.3) is 0 Å². The lowest BCUT2D eigenvalue weighted by molar-refractivity contribution is 0.281. The second kappa shape index (κ2) is 5.47. The number of rotatable bonds is 2. The molecule has 0 amide bonds. The minimum atomic E-state index is 0.0874. The predicted molar refractivity (Wildman–Crippen MR) is 69.2 cm³/mol. The fourth-order valence-electron chi connectivity index (χ4n) is 2.25. The Labute approximate surface area is 103 Å². The molecule has 0 aromatic carbocycles. The van der Waals surface area contributed by atoms with E-state index in [0.29, 0.717) is 0 Å². The highest BCUT2D eigenvalue weighted by Gasteiger charge is 2.14. The van der Waals surface area contributed by atoms with Crippen molar-refractivity contribution in [3.8, 4) is 0 Å². The summed E-state index contributed by atoms with van der Waals surface area (Å²) in [6.07, 6.45) is 1.17. The van der Waals surface area contributed by atoms with Crippen molar-refractivity contribution >= 4 is 5.82 Å². The Kier molecular flexibility index (Phi) is 3.97. The summed E-state index contributed by atoms with van der Waals surface area (Å²) in [7, 11) is 2.16. The average Bonchev–Trinajstić information content (AvgIpc) is 2.53. The minimum Gasteiger partial charge on any atom is -0.392 e. The molecule has 1 fully saturated rings. The highest BCUT2D eigenvalue weighted by atomic mass is 16.3. The summed E-state index contributed by atoms with van der Waals surface area (Å²) < 4.78 is 0. The Hall–Kier alpha value is -1.13. The Morgan fingerprint density at radius 2 is 2.06 bits per heavy atom. The van der Waals surface area contributed by atoms with Crippen LogP contribution in [0.2, 0.25) is 0 Å². The summed E-state index contributed by atoms with van der Waals surface area (Å²) in [5, 5.41) is 9.23. The summed E-state index contributed by atoms with van der Waals surface area (Å²) in [5.74, 6) is 1.00. The number of hydrogen-bond donors (Lipinski definition) is 1. The normalized spacial score (nSPS) is 18.2. The number of pyridine rings is 1. The Morgan fingerprint density at radius 1 is 1.24 bits per heavy atom. The van der Waals surface area contributed by atoms with Crippen LogP contribution in [0.5, 0.6) is 0 Å². The van der Waals surface area contributed by atoms with Crippen LogP contribution in [0.15, 0.2) is 12.1 Å². The molecule has 0 saturated carbocycles. The van der Waals surface area contributed by atoms with Crippen LogP contribution in [-0.2, 0) is 6.61 Å². The summed E-state index contributed by atoms with van der Waals surface area (Å²) in [6.45, 7) is 6.35. The second-order valence-corrected chi connectivity index (χ2v) is 4.78. The van der Waals surface area contributed by atoms with Gasteiger partial charge in [0.25, 0.3) is 0 Å². The molecule has 0 atom stereocenters. The number of aliphatic hydroxyl groups excluding tert-OH is 1. The smallest absolute Gasteiger partial charge is 0.129 e. The van der Waals surface area contributed by atoms with Gasteiger partial charge in [0.15, 0.2) is 0 Å². The first-order valence-electron chi connectivity index (χ1n) is 6.21. The third kappa shape index (κ3) is 3.17. The molecular formula is C13H21N3O. The number of hydrogen-bond acceptors (Lipinski definition) is 4. The van der Waals surface area contributed by atoms with E-state index in [9.17, 15) is 5.11 Å². The molecule has 2 rings (SSSR count). The highest BCUT2D eigenvalue weighted by molar-refractivity contribution is 5.42. The van der Waals surface area contributed by atoms with E-state index in [-0.39, 0.29) is 6.61 Å². The molecule has 4 heteroatoms. The van der Waals surface area contributed by atoms with Gasteiger partial charge in [-0.05, 0) is 44.6 Å². The van der Waals surface area contributed by atoms with Crippen molar-refractivity contribution in [2.24, 2.45) is 0 Å². The Balaban J connectivity index is 2.17. The number of aryl methyl sites for hydroxylation is 1. The first kappa shape index (κ1) is 12.3. The predicted octanol–water partition coefficient (Wildman–Crippen LogP) is 1.02. The molecule has 17 heavy (non-hydrogen) atoms. The molecule has 0 radical (unpaired) electrons. The number of nitrogens with zero attached hydrogens (tertiary/aromatic N) is 3. The number of aromatic nitrogens is 1. The van der Waals surface area contributed by atoms with Crippen LogP contribution in [-0.4, -0.2) is 48.2 Å². The lowest BCUT2D eigenvalue weighted by Crippen LogP contribution is -2.29. The quantitative estimate of drug-likeness (QED) is 0.831. The zero-order chi connectivity index (χ0) is 12.3. The molecule has 1 aromatic heterocycles. The van der Waals surface area contributed by atoms with Crippen LogP contribution in [0.4, 0.5) is 5.82 Å². The van der Waals surface area contributed by atoms with Gasteiger partial charge in [-0.15, -0.1) is 0 Å². The van der Waals surface area contributed by atoms with E-state index in [2.05, 4.69) is 21.8 Å². The number of aliphatic hydroxyl groups is 1. The van der Waals surface area contributed by atoms with Crippen molar-refractivity contribution in [3.05, 3.63) is 23.4 Å². The molecule has 1 N–H and O–H groups in total. The van der Waals surface area contributed by atoms with Crippen molar-refractivity contribution in [3.63, 3.8) is 0 Å². The SMILES string of the molecule is Cc1cc(CO)cc(N2CCCN(C)CC2)n1. The molecular weight excluding hydrogens is 214 g/mol. The molecule has 1 saturated heterocycles. The van der Waals surface area contributed by atoms with Crippen LogP contribution in [0, 0.1) is 6.92 Å². The molecule has 0 spiro atoms. The van der Waals surface area contributed by atoms with Crippen LogP contribution in [0.3, 0.4) is 0 Å². The Morgan fingerprint density at radius 3 is 2.82 bits per heavy atom. The topological polar surface area (TPSA) is 39.6 Å². The average molecular weight is 235 g/mol. The summed E-state index contributed by atoms with van der Waals surface area (Å²) in [5.41, 5.74) is 1.93. The van der Waals surface area contributed by atoms with Gasteiger partial charge in [0.05, 0.1) is 6.61 Å². The largest absolute Gasteiger partial charge is 0.392 e. The first-order valence-corrected chi connectivity index (χ1v) is 6.21. The maximum absolute atomic E-state index is 9.23. The van der Waals surface area contributed by atoms with E-state index < -0.39 is 0 Å². The molecule has 1 aliphatic heterocycles. The van der Waals surface area contributed by atoms with Gasteiger partial charge in [-0.25, -0.2) is 4.98 Å². The molecule has 0 aliphatic carbocycles. The van der Waals surface area contributed by atoms with E-state index in [0.717, 1.165) is 43.3 Å². The summed E-state index contributed by atoms with van der Waals surface area (Å²) in [4.78, 5) is 9.23. The highest BCUT2D eigenvalue weighted by Crippen LogP contribution is 2.16. The van der Waals surface area contributed by atoms with Crippen LogP contribution >= 0.6 is 0 Å². The second-order valence-electron chi connectivity index (χ2n) is 4.78. The third-order valence-corrected chi connectivity index (χ3v) is 3.23. The fourth-order valence-corrected chi connectivity index (χ4v) is 2.25. The molecule has 1 aliphatic rings. The molecule has 0 bridgehead atoms. The maximum Gasteiger partial charge on any atom is 0.129 e. The zero-order valence-electron chi connectivity index (χ0n) is 10.7. The zero-order valence-corrected chi connectivity index (χ0v) is 10.7. The van der Waals surface area contributed by atoms with Gasteiger partial charge >= 0.3 is 0 Å². The third-order valence-electron chi connectivity index (χ3n) is 3.23. The Bertz CT molecular complexity index is 381. The van der Waals surface area contributed by atoms with Crippen molar-refractivity contribution in [1.29, 1.82) is 0 Å². The van der Waals surface area contributed by atoms with Gasteiger partial charge < -0.3 is 14.9 Å². The van der Waals surface area contributed by atoms with Crippen molar-refractivity contribution < 1.29 is 5.11 Å². The monoisotopic (exact) mass is 235 g/mol. The van der Waals surface area contributed by atoms with Crippen molar-refractivity contribution in [2.45, 2.75) is 20.0 Å². The first-order chi connectivity index (χ1) is 8.19. The van der Waals surface area contributed by atoms with E-state index in [1.54, 1.807) is 0 Å². The number of likely N-dealkylation sites (N-methyl/N-ethyl adjacent to an activating group) is 1. The molecule has 2 heterocycles. The van der Waals surface area contributed by atoms with Gasteiger partial charge in [0.1, 0.15) is 5.82 Å². The maximum atomic E-state index is 9.23. The number of anilines is 1. The van der Waals surface area contributed by atoms with E-state index in [1.807, 2.05) is 19.1 Å². The van der Waals surface area contributed by atoms with Gasteiger partial charge in [-0.2, -0.15) is 0 Å². The van der Waals surface area contributed by atoms with Crippen molar-refractivity contribution in [2.75, 3.05) is 38.1 Å².